The number of hydrogen-bond acceptors (Lipinski definition) is 1. The third-order valence-corrected chi connectivity index (χ3v) is 2.97. The van der Waals surface area contributed by atoms with Crippen LogP contribution in [0.4, 0.5) is 4.39 Å². The number of halogens is 1. The predicted molar refractivity (Wildman–Crippen MR) is 77.7 cm³/mol. The summed E-state index contributed by atoms with van der Waals surface area (Å²) in [6, 6.07) is 12.6. The van der Waals surface area contributed by atoms with Crippen LogP contribution in [0.1, 0.15) is 23.6 Å². The molecule has 2 rings (SSSR count). The van der Waals surface area contributed by atoms with Crippen LogP contribution in [0.3, 0.4) is 0 Å². The largest absolute Gasteiger partial charge is 0.497 e. The number of ether oxygens (including phenoxy) is 1. The molecule has 0 saturated carbocycles. The average Bonchev–Trinajstić information content (AvgIpc) is 2.46. The Morgan fingerprint density at radius 3 is 2.32 bits per heavy atom. The molecule has 0 aliphatic carbocycles. The fourth-order valence-corrected chi connectivity index (χ4v) is 1.87. The zero-order chi connectivity index (χ0) is 13.7. The van der Waals surface area contributed by atoms with Gasteiger partial charge in [0.1, 0.15) is 11.6 Å². The maximum atomic E-state index is 12.8. The maximum Gasteiger partial charge on any atom is 0.123 e. The van der Waals surface area contributed by atoms with Gasteiger partial charge in [-0.1, -0.05) is 37.3 Å². The van der Waals surface area contributed by atoms with Crippen molar-refractivity contribution in [2.24, 2.45) is 0 Å². The minimum Gasteiger partial charge on any atom is -0.497 e. The SMILES string of the molecule is CCc1cc(/C=C\c2ccc(F)cc2)cc(OC)c1. The fraction of sp³-hybridized carbons (Fsp3) is 0.176. The maximum absolute atomic E-state index is 12.8. The number of hydrogen-bond donors (Lipinski definition) is 0. The first-order chi connectivity index (χ1) is 9.21. The Labute approximate surface area is 113 Å². The van der Waals surface area contributed by atoms with E-state index in [9.17, 15) is 4.39 Å². The quantitative estimate of drug-likeness (QED) is 0.728. The molecule has 0 spiro atoms. The highest BCUT2D eigenvalue weighted by molar-refractivity contribution is 5.70. The zero-order valence-electron chi connectivity index (χ0n) is 11.2. The summed E-state index contributed by atoms with van der Waals surface area (Å²) < 4.78 is 18.1. The molecule has 0 aromatic heterocycles. The average molecular weight is 256 g/mol. The molecule has 98 valence electrons. The lowest BCUT2D eigenvalue weighted by molar-refractivity contribution is 0.414. The van der Waals surface area contributed by atoms with Crippen molar-refractivity contribution in [3.8, 4) is 5.75 Å². The third-order valence-electron chi connectivity index (χ3n) is 2.97. The second-order valence-corrected chi connectivity index (χ2v) is 4.35. The van der Waals surface area contributed by atoms with Crippen LogP contribution in [0.2, 0.25) is 0 Å². The van der Waals surface area contributed by atoms with Crippen LogP contribution in [-0.4, -0.2) is 7.11 Å². The van der Waals surface area contributed by atoms with Crippen LogP contribution in [0.25, 0.3) is 12.2 Å². The van der Waals surface area contributed by atoms with Gasteiger partial charge in [-0.25, -0.2) is 4.39 Å². The van der Waals surface area contributed by atoms with Gasteiger partial charge in [-0.05, 0) is 47.4 Å². The molecule has 0 saturated heterocycles. The molecule has 0 amide bonds. The van der Waals surface area contributed by atoms with E-state index in [-0.39, 0.29) is 5.82 Å². The summed E-state index contributed by atoms with van der Waals surface area (Å²) >= 11 is 0. The van der Waals surface area contributed by atoms with Crippen molar-refractivity contribution in [1.29, 1.82) is 0 Å². The lowest BCUT2D eigenvalue weighted by Crippen LogP contribution is -1.88. The van der Waals surface area contributed by atoms with Crippen molar-refractivity contribution in [3.63, 3.8) is 0 Å². The molecule has 0 radical (unpaired) electrons. The molecule has 1 nitrogen and oxygen atoms in total. The molecule has 0 aliphatic rings. The summed E-state index contributed by atoms with van der Waals surface area (Å²) in [7, 11) is 1.67. The molecule has 0 heterocycles. The van der Waals surface area contributed by atoms with E-state index in [1.54, 1.807) is 19.2 Å². The van der Waals surface area contributed by atoms with E-state index in [2.05, 4.69) is 13.0 Å². The molecule has 19 heavy (non-hydrogen) atoms. The molecule has 2 heteroatoms. The van der Waals surface area contributed by atoms with Gasteiger partial charge in [0.15, 0.2) is 0 Å². The molecule has 0 fully saturated rings. The van der Waals surface area contributed by atoms with Gasteiger partial charge in [0.2, 0.25) is 0 Å². The van der Waals surface area contributed by atoms with Crippen LogP contribution in [-0.2, 0) is 6.42 Å². The monoisotopic (exact) mass is 256 g/mol. The van der Waals surface area contributed by atoms with Crippen molar-refractivity contribution >= 4 is 12.2 Å². The van der Waals surface area contributed by atoms with Crippen LogP contribution in [0.5, 0.6) is 5.75 Å². The smallest absolute Gasteiger partial charge is 0.123 e. The summed E-state index contributed by atoms with van der Waals surface area (Å²) in [6.07, 6.45) is 4.94. The van der Waals surface area contributed by atoms with Crippen LogP contribution >= 0.6 is 0 Å². The number of aryl methyl sites for hydroxylation is 1. The van der Waals surface area contributed by atoms with Gasteiger partial charge in [0.05, 0.1) is 7.11 Å². The molecular weight excluding hydrogens is 239 g/mol. The molecule has 0 N–H and O–H groups in total. The van der Waals surface area contributed by atoms with Gasteiger partial charge in [-0.15, -0.1) is 0 Å². The van der Waals surface area contributed by atoms with E-state index in [0.29, 0.717) is 0 Å². The second kappa shape index (κ2) is 6.19. The third kappa shape index (κ3) is 3.68. The van der Waals surface area contributed by atoms with Gasteiger partial charge >= 0.3 is 0 Å². The van der Waals surface area contributed by atoms with E-state index in [1.807, 2.05) is 24.3 Å². The molecule has 2 aromatic rings. The Morgan fingerprint density at radius 2 is 1.68 bits per heavy atom. The number of benzene rings is 2. The standard InChI is InChI=1S/C17H17FO/c1-3-13-10-15(12-17(11-13)19-2)5-4-14-6-8-16(18)9-7-14/h4-12H,3H2,1-2H3/b5-4-. The van der Waals surface area contributed by atoms with Crippen molar-refractivity contribution in [2.45, 2.75) is 13.3 Å². The van der Waals surface area contributed by atoms with Crippen molar-refractivity contribution in [3.05, 3.63) is 65.0 Å². The summed E-state index contributed by atoms with van der Waals surface area (Å²) in [5, 5.41) is 0. The van der Waals surface area contributed by atoms with E-state index in [1.165, 1.54) is 17.7 Å². The van der Waals surface area contributed by atoms with Crippen molar-refractivity contribution in [2.75, 3.05) is 7.11 Å². The van der Waals surface area contributed by atoms with Gasteiger partial charge in [-0.2, -0.15) is 0 Å². The van der Waals surface area contributed by atoms with Crippen molar-refractivity contribution in [1.82, 2.24) is 0 Å². The molecule has 0 atom stereocenters. The van der Waals surface area contributed by atoms with Gasteiger partial charge in [0, 0.05) is 0 Å². The van der Waals surface area contributed by atoms with Crippen LogP contribution < -0.4 is 4.74 Å². The Bertz CT molecular complexity index is 548. The molecule has 0 bridgehead atoms. The van der Waals surface area contributed by atoms with E-state index >= 15 is 0 Å². The topological polar surface area (TPSA) is 9.23 Å². The lowest BCUT2D eigenvalue weighted by Gasteiger charge is -2.05. The lowest BCUT2D eigenvalue weighted by atomic mass is 10.1. The Morgan fingerprint density at radius 1 is 1.00 bits per heavy atom. The Hall–Kier alpha value is -2.09. The van der Waals surface area contributed by atoms with Gasteiger partial charge in [-0.3, -0.25) is 0 Å². The number of methoxy groups -OCH3 is 1. The van der Waals surface area contributed by atoms with Gasteiger partial charge in [0.25, 0.3) is 0 Å². The highest BCUT2D eigenvalue weighted by Gasteiger charge is 1.98. The Kier molecular flexibility index (Phi) is 4.35. The fourth-order valence-electron chi connectivity index (χ4n) is 1.87. The van der Waals surface area contributed by atoms with Crippen LogP contribution in [0.15, 0.2) is 42.5 Å². The highest BCUT2D eigenvalue weighted by atomic mass is 19.1. The Balaban J connectivity index is 2.24. The minimum absolute atomic E-state index is 0.216. The minimum atomic E-state index is -0.216. The number of rotatable bonds is 4. The highest BCUT2D eigenvalue weighted by Crippen LogP contribution is 2.19. The summed E-state index contributed by atoms with van der Waals surface area (Å²) in [5.74, 6) is 0.643. The molecule has 2 aromatic carbocycles. The first-order valence-electron chi connectivity index (χ1n) is 6.33. The van der Waals surface area contributed by atoms with E-state index in [0.717, 1.165) is 23.3 Å². The normalized spacial score (nSPS) is 10.9. The van der Waals surface area contributed by atoms with Crippen LogP contribution in [0, 0.1) is 5.82 Å². The van der Waals surface area contributed by atoms with E-state index in [4.69, 9.17) is 4.74 Å². The predicted octanol–water partition coefficient (Wildman–Crippen LogP) is 4.57. The van der Waals surface area contributed by atoms with Crippen molar-refractivity contribution < 1.29 is 9.13 Å². The molecule has 0 aliphatic heterocycles. The van der Waals surface area contributed by atoms with E-state index < -0.39 is 0 Å². The zero-order valence-corrected chi connectivity index (χ0v) is 11.2. The van der Waals surface area contributed by atoms with Gasteiger partial charge < -0.3 is 4.74 Å². The molecular formula is C17H17FO. The summed E-state index contributed by atoms with van der Waals surface area (Å²) in [5.41, 5.74) is 3.29. The molecule has 0 unspecified atom stereocenters. The first kappa shape index (κ1) is 13.3. The summed E-state index contributed by atoms with van der Waals surface area (Å²) in [6.45, 7) is 2.11. The first-order valence-corrected chi connectivity index (χ1v) is 6.33. The summed E-state index contributed by atoms with van der Waals surface area (Å²) in [4.78, 5) is 0. The second-order valence-electron chi connectivity index (χ2n) is 4.35.